The predicted molar refractivity (Wildman–Crippen MR) is 69.6 cm³/mol. The van der Waals surface area contributed by atoms with Crippen molar-refractivity contribution in [3.8, 4) is 0 Å². The van der Waals surface area contributed by atoms with E-state index in [1.807, 2.05) is 0 Å². The van der Waals surface area contributed by atoms with Crippen LogP contribution in [0.5, 0.6) is 0 Å². The summed E-state index contributed by atoms with van der Waals surface area (Å²) in [6, 6.07) is -0.130. The first-order chi connectivity index (χ1) is 8.23. The summed E-state index contributed by atoms with van der Waals surface area (Å²) in [5.41, 5.74) is -0.427. The molecule has 4 heteroatoms. The summed E-state index contributed by atoms with van der Waals surface area (Å²) >= 11 is 0. The van der Waals surface area contributed by atoms with Gasteiger partial charge in [0, 0.05) is 6.04 Å². The molecule has 18 heavy (non-hydrogen) atoms. The third kappa shape index (κ3) is 2.54. The van der Waals surface area contributed by atoms with E-state index in [4.69, 9.17) is 4.74 Å². The summed E-state index contributed by atoms with van der Waals surface area (Å²) in [4.78, 5) is 13.6. The topological polar surface area (TPSA) is 49.8 Å². The van der Waals surface area contributed by atoms with Crippen LogP contribution in [-0.4, -0.2) is 45.8 Å². The lowest BCUT2D eigenvalue weighted by atomic mass is 9.89. The number of ether oxygens (including phenoxy) is 1. The first kappa shape index (κ1) is 13.8. The van der Waals surface area contributed by atoms with E-state index in [1.165, 1.54) is 0 Å². The van der Waals surface area contributed by atoms with Gasteiger partial charge in [0.2, 0.25) is 0 Å². The number of aliphatic carboxylic acids is 1. The molecule has 2 aliphatic heterocycles. The van der Waals surface area contributed by atoms with Gasteiger partial charge in [0.05, 0.1) is 11.2 Å². The van der Waals surface area contributed by atoms with Crippen LogP contribution < -0.4 is 0 Å². The number of hydrogen-bond donors (Lipinski definition) is 1. The molecule has 2 heterocycles. The van der Waals surface area contributed by atoms with Crippen LogP contribution in [0.4, 0.5) is 0 Å². The Hall–Kier alpha value is -0.610. The standard InChI is InChI=1S/C14H25NO3/c1-13(2)9-11(14(3,4)18-13)15-8-6-5-7-10(15)12(16)17/h10-11H,5-9H2,1-4H3,(H,16,17). The highest BCUT2D eigenvalue weighted by Gasteiger charge is 2.50. The molecule has 0 aromatic carbocycles. The Morgan fingerprint density at radius 1 is 1.28 bits per heavy atom. The molecule has 2 unspecified atom stereocenters. The van der Waals surface area contributed by atoms with E-state index in [9.17, 15) is 9.90 Å². The van der Waals surface area contributed by atoms with E-state index in [0.29, 0.717) is 0 Å². The molecule has 2 rings (SSSR count). The lowest BCUT2D eigenvalue weighted by Crippen LogP contribution is -2.55. The zero-order valence-electron chi connectivity index (χ0n) is 11.9. The zero-order valence-corrected chi connectivity index (χ0v) is 11.9. The number of nitrogens with zero attached hydrogens (tertiary/aromatic N) is 1. The van der Waals surface area contributed by atoms with Crippen molar-refractivity contribution in [3.05, 3.63) is 0 Å². The molecule has 0 aromatic rings. The van der Waals surface area contributed by atoms with Crippen molar-refractivity contribution in [1.82, 2.24) is 4.90 Å². The molecule has 2 fully saturated rings. The van der Waals surface area contributed by atoms with Gasteiger partial charge in [0.25, 0.3) is 0 Å². The first-order valence-electron chi connectivity index (χ1n) is 6.92. The molecule has 104 valence electrons. The molecule has 2 atom stereocenters. The van der Waals surface area contributed by atoms with Gasteiger partial charge in [0.1, 0.15) is 6.04 Å². The largest absolute Gasteiger partial charge is 0.480 e. The van der Waals surface area contributed by atoms with Crippen LogP contribution in [0.15, 0.2) is 0 Å². The minimum absolute atomic E-state index is 0.158. The minimum atomic E-state index is -0.685. The van der Waals surface area contributed by atoms with Crippen LogP contribution in [0.1, 0.15) is 53.4 Å². The average Bonchev–Trinajstić information content (AvgIpc) is 2.46. The van der Waals surface area contributed by atoms with Crippen molar-refractivity contribution < 1.29 is 14.6 Å². The van der Waals surface area contributed by atoms with E-state index < -0.39 is 5.97 Å². The van der Waals surface area contributed by atoms with Crippen LogP contribution in [0.3, 0.4) is 0 Å². The number of carboxylic acids is 1. The molecule has 0 spiro atoms. The lowest BCUT2D eigenvalue weighted by Gasteiger charge is -2.42. The van der Waals surface area contributed by atoms with Gasteiger partial charge in [-0.2, -0.15) is 0 Å². The third-order valence-corrected chi connectivity index (χ3v) is 4.26. The predicted octanol–water partition coefficient (Wildman–Crippen LogP) is 2.27. The van der Waals surface area contributed by atoms with Gasteiger partial charge >= 0.3 is 5.97 Å². The van der Waals surface area contributed by atoms with Gasteiger partial charge < -0.3 is 9.84 Å². The average molecular weight is 255 g/mol. The molecule has 0 saturated carbocycles. The molecule has 0 amide bonds. The molecule has 2 saturated heterocycles. The quantitative estimate of drug-likeness (QED) is 0.822. The maximum absolute atomic E-state index is 11.4. The highest BCUT2D eigenvalue weighted by atomic mass is 16.5. The summed E-state index contributed by atoms with van der Waals surface area (Å²) < 4.78 is 6.10. The van der Waals surface area contributed by atoms with Crippen LogP contribution in [0, 0.1) is 0 Å². The molecule has 0 radical (unpaired) electrons. The van der Waals surface area contributed by atoms with Gasteiger partial charge in [-0.15, -0.1) is 0 Å². The molecule has 0 bridgehead atoms. The summed E-state index contributed by atoms with van der Waals surface area (Å²) in [5, 5.41) is 9.39. The Morgan fingerprint density at radius 3 is 2.44 bits per heavy atom. The number of carboxylic acid groups (broad SMARTS) is 1. The Balaban J connectivity index is 2.21. The van der Waals surface area contributed by atoms with Crippen LogP contribution in [0.25, 0.3) is 0 Å². The molecular weight excluding hydrogens is 230 g/mol. The van der Waals surface area contributed by atoms with Crippen molar-refractivity contribution in [3.63, 3.8) is 0 Å². The van der Waals surface area contributed by atoms with E-state index in [1.54, 1.807) is 0 Å². The van der Waals surface area contributed by atoms with E-state index in [-0.39, 0.29) is 23.3 Å². The molecule has 0 aliphatic carbocycles. The van der Waals surface area contributed by atoms with Crippen molar-refractivity contribution in [2.45, 2.75) is 76.7 Å². The summed E-state index contributed by atoms with van der Waals surface area (Å²) in [6.45, 7) is 9.23. The Labute approximate surface area is 109 Å². The van der Waals surface area contributed by atoms with E-state index >= 15 is 0 Å². The zero-order chi connectivity index (χ0) is 13.6. The molecule has 2 aliphatic rings. The van der Waals surface area contributed by atoms with Crippen LogP contribution in [-0.2, 0) is 9.53 Å². The number of likely N-dealkylation sites (tertiary alicyclic amines) is 1. The second-order valence-corrected chi connectivity index (χ2v) is 6.77. The van der Waals surface area contributed by atoms with Crippen molar-refractivity contribution in [1.29, 1.82) is 0 Å². The molecule has 1 N–H and O–H groups in total. The van der Waals surface area contributed by atoms with Crippen molar-refractivity contribution in [2.75, 3.05) is 6.54 Å². The second kappa shape index (κ2) is 4.49. The number of hydrogen-bond acceptors (Lipinski definition) is 3. The third-order valence-electron chi connectivity index (χ3n) is 4.26. The van der Waals surface area contributed by atoms with Gasteiger partial charge in [-0.25, -0.2) is 0 Å². The summed E-state index contributed by atoms with van der Waals surface area (Å²) in [7, 11) is 0. The fourth-order valence-corrected chi connectivity index (χ4v) is 3.64. The fourth-order valence-electron chi connectivity index (χ4n) is 3.64. The Kier molecular flexibility index (Phi) is 3.45. The molecular formula is C14H25NO3. The molecule has 0 aromatic heterocycles. The Morgan fingerprint density at radius 2 is 1.94 bits per heavy atom. The number of carbonyl (C=O) groups is 1. The summed E-state index contributed by atoms with van der Waals surface area (Å²) in [5.74, 6) is -0.685. The van der Waals surface area contributed by atoms with Gasteiger partial charge in [-0.1, -0.05) is 6.42 Å². The highest BCUT2D eigenvalue weighted by Crippen LogP contribution is 2.42. The Bertz CT molecular complexity index is 338. The van der Waals surface area contributed by atoms with Crippen molar-refractivity contribution >= 4 is 5.97 Å². The van der Waals surface area contributed by atoms with E-state index in [0.717, 1.165) is 32.2 Å². The monoisotopic (exact) mass is 255 g/mol. The van der Waals surface area contributed by atoms with Crippen LogP contribution in [0.2, 0.25) is 0 Å². The number of rotatable bonds is 2. The summed E-state index contributed by atoms with van der Waals surface area (Å²) in [6.07, 6.45) is 3.79. The van der Waals surface area contributed by atoms with E-state index in [2.05, 4.69) is 32.6 Å². The normalized spacial score (nSPS) is 35.6. The van der Waals surface area contributed by atoms with Crippen molar-refractivity contribution in [2.24, 2.45) is 0 Å². The SMILES string of the molecule is CC1(C)CC(N2CCCCC2C(=O)O)C(C)(C)O1. The maximum atomic E-state index is 11.4. The maximum Gasteiger partial charge on any atom is 0.320 e. The molecule has 4 nitrogen and oxygen atoms in total. The minimum Gasteiger partial charge on any atom is -0.480 e. The smallest absolute Gasteiger partial charge is 0.320 e. The second-order valence-electron chi connectivity index (χ2n) is 6.77. The lowest BCUT2D eigenvalue weighted by molar-refractivity contribution is -0.148. The fraction of sp³-hybridized carbons (Fsp3) is 0.929. The van der Waals surface area contributed by atoms with Crippen LogP contribution >= 0.6 is 0 Å². The first-order valence-corrected chi connectivity index (χ1v) is 6.92. The van der Waals surface area contributed by atoms with Gasteiger partial charge in [0.15, 0.2) is 0 Å². The number of piperidine rings is 1. The van der Waals surface area contributed by atoms with Gasteiger partial charge in [-0.05, 0) is 53.5 Å². The highest BCUT2D eigenvalue weighted by molar-refractivity contribution is 5.73. The van der Waals surface area contributed by atoms with Gasteiger partial charge in [-0.3, -0.25) is 9.69 Å².